The maximum atomic E-state index is 13.3. The highest BCUT2D eigenvalue weighted by Crippen LogP contribution is 2.32. The predicted molar refractivity (Wildman–Crippen MR) is 120 cm³/mol. The van der Waals surface area contributed by atoms with Gasteiger partial charge in [0.1, 0.15) is 17.4 Å². The number of ether oxygens (including phenoxy) is 1. The standard InChI is InChI=1S/C23H31FN2O5S/c1-14(2)19(32-15(3)27)20(28)26-23(11-5-6-12-23)22(30)25-18(21(29)31-4)13-16-7-9-17(24)10-8-16/h7-10,14,18-19H,5-6,11-13H2,1-4H3,(H,25,30)(H,26,28)/t18-,19-/m0/s1. The molecule has 1 aromatic rings. The van der Waals surface area contributed by atoms with E-state index in [9.17, 15) is 23.6 Å². The van der Waals surface area contributed by atoms with Crippen LogP contribution in [0.25, 0.3) is 0 Å². The summed E-state index contributed by atoms with van der Waals surface area (Å²) in [6, 6.07) is 4.65. The lowest BCUT2D eigenvalue weighted by Crippen LogP contribution is -2.61. The van der Waals surface area contributed by atoms with Crippen molar-refractivity contribution in [2.24, 2.45) is 5.92 Å². The van der Waals surface area contributed by atoms with Gasteiger partial charge >= 0.3 is 5.97 Å². The van der Waals surface area contributed by atoms with E-state index in [4.69, 9.17) is 4.74 Å². The average Bonchev–Trinajstić information content (AvgIpc) is 3.21. The van der Waals surface area contributed by atoms with Gasteiger partial charge in [-0.25, -0.2) is 9.18 Å². The zero-order chi connectivity index (χ0) is 23.9. The fourth-order valence-corrected chi connectivity index (χ4v) is 4.65. The molecule has 2 rings (SSSR count). The fourth-order valence-electron chi connectivity index (χ4n) is 3.85. The lowest BCUT2D eigenvalue weighted by atomic mass is 9.94. The lowest BCUT2D eigenvalue weighted by Gasteiger charge is -2.32. The number of rotatable bonds is 9. The Kier molecular flexibility index (Phi) is 9.24. The molecule has 176 valence electrons. The van der Waals surface area contributed by atoms with Gasteiger partial charge < -0.3 is 15.4 Å². The Morgan fingerprint density at radius 3 is 2.22 bits per heavy atom. The van der Waals surface area contributed by atoms with Crippen molar-refractivity contribution in [1.29, 1.82) is 0 Å². The van der Waals surface area contributed by atoms with Crippen LogP contribution < -0.4 is 10.6 Å². The lowest BCUT2D eigenvalue weighted by molar-refractivity contribution is -0.146. The molecule has 0 bridgehead atoms. The van der Waals surface area contributed by atoms with E-state index in [1.165, 1.54) is 38.3 Å². The largest absolute Gasteiger partial charge is 0.467 e. The van der Waals surface area contributed by atoms with Crippen LogP contribution in [0.4, 0.5) is 4.39 Å². The molecule has 0 spiro atoms. The quantitative estimate of drug-likeness (QED) is 0.543. The van der Waals surface area contributed by atoms with Gasteiger partial charge in [0.2, 0.25) is 11.8 Å². The molecule has 0 aliphatic heterocycles. The second kappa shape index (κ2) is 11.4. The normalized spacial score (nSPS) is 16.8. The summed E-state index contributed by atoms with van der Waals surface area (Å²) in [4.78, 5) is 50.2. The van der Waals surface area contributed by atoms with Gasteiger partial charge in [-0.3, -0.25) is 14.4 Å². The van der Waals surface area contributed by atoms with Gasteiger partial charge in [-0.1, -0.05) is 50.6 Å². The molecule has 32 heavy (non-hydrogen) atoms. The Bertz CT molecular complexity index is 837. The van der Waals surface area contributed by atoms with E-state index in [0.29, 0.717) is 18.4 Å². The first kappa shape index (κ1) is 25.8. The minimum atomic E-state index is -1.16. The first-order chi connectivity index (χ1) is 15.1. The topological polar surface area (TPSA) is 102 Å². The van der Waals surface area contributed by atoms with E-state index in [1.54, 1.807) is 0 Å². The molecular formula is C23H31FN2O5S. The Morgan fingerprint density at radius 1 is 1.12 bits per heavy atom. The van der Waals surface area contributed by atoms with Crippen molar-refractivity contribution in [3.05, 3.63) is 35.6 Å². The smallest absolute Gasteiger partial charge is 0.328 e. The van der Waals surface area contributed by atoms with Gasteiger partial charge in [-0.05, 0) is 36.5 Å². The minimum absolute atomic E-state index is 0.105. The Morgan fingerprint density at radius 2 is 1.72 bits per heavy atom. The van der Waals surface area contributed by atoms with Gasteiger partial charge in [0, 0.05) is 13.3 Å². The van der Waals surface area contributed by atoms with Crippen LogP contribution in [0.2, 0.25) is 0 Å². The molecule has 1 aliphatic carbocycles. The van der Waals surface area contributed by atoms with E-state index < -0.39 is 34.5 Å². The summed E-state index contributed by atoms with van der Waals surface area (Å²) in [5, 5.41) is 4.83. The number of carbonyl (C=O) groups is 4. The fraction of sp³-hybridized carbons (Fsp3) is 0.565. The number of hydrogen-bond donors (Lipinski definition) is 2. The number of amides is 2. The van der Waals surface area contributed by atoms with Crippen LogP contribution >= 0.6 is 11.8 Å². The zero-order valence-corrected chi connectivity index (χ0v) is 19.7. The molecule has 1 aromatic carbocycles. The van der Waals surface area contributed by atoms with E-state index in [1.807, 2.05) is 13.8 Å². The predicted octanol–water partition coefficient (Wildman–Crippen LogP) is 2.76. The zero-order valence-electron chi connectivity index (χ0n) is 18.9. The van der Waals surface area contributed by atoms with E-state index in [0.717, 1.165) is 24.6 Å². The van der Waals surface area contributed by atoms with Crippen molar-refractivity contribution < 1.29 is 28.3 Å². The van der Waals surface area contributed by atoms with Crippen molar-refractivity contribution in [2.45, 2.75) is 69.7 Å². The minimum Gasteiger partial charge on any atom is -0.467 e. The number of thioether (sulfide) groups is 1. The Hall–Kier alpha value is -2.42. The van der Waals surface area contributed by atoms with Crippen molar-refractivity contribution in [2.75, 3.05) is 7.11 Å². The number of halogens is 1. The van der Waals surface area contributed by atoms with Crippen LogP contribution in [-0.2, 0) is 30.3 Å². The third kappa shape index (κ3) is 6.79. The third-order valence-electron chi connectivity index (χ3n) is 5.56. The first-order valence-corrected chi connectivity index (χ1v) is 11.6. The molecule has 2 N–H and O–H groups in total. The molecular weight excluding hydrogens is 435 g/mol. The molecule has 2 amide bonds. The van der Waals surface area contributed by atoms with Crippen LogP contribution in [0.1, 0.15) is 52.0 Å². The van der Waals surface area contributed by atoms with Gasteiger partial charge in [-0.2, -0.15) is 0 Å². The van der Waals surface area contributed by atoms with E-state index in [-0.39, 0.29) is 23.4 Å². The molecule has 0 radical (unpaired) electrons. The first-order valence-electron chi connectivity index (χ1n) is 10.7. The number of carbonyl (C=O) groups excluding carboxylic acids is 4. The second-order valence-electron chi connectivity index (χ2n) is 8.43. The molecule has 0 unspecified atom stereocenters. The van der Waals surface area contributed by atoms with Crippen molar-refractivity contribution in [3.8, 4) is 0 Å². The van der Waals surface area contributed by atoms with Gasteiger partial charge in [0.15, 0.2) is 5.12 Å². The van der Waals surface area contributed by atoms with Crippen LogP contribution in [0.3, 0.4) is 0 Å². The van der Waals surface area contributed by atoms with Crippen LogP contribution in [0.5, 0.6) is 0 Å². The average molecular weight is 467 g/mol. The highest BCUT2D eigenvalue weighted by atomic mass is 32.2. The van der Waals surface area contributed by atoms with Crippen molar-refractivity contribution in [3.63, 3.8) is 0 Å². The number of methoxy groups -OCH3 is 1. The Labute approximate surface area is 192 Å². The summed E-state index contributed by atoms with van der Waals surface area (Å²) >= 11 is 0.947. The SMILES string of the molecule is COC(=O)[C@H](Cc1ccc(F)cc1)NC(=O)C1(NC(=O)[C@@H](SC(C)=O)C(C)C)CCCC1. The van der Waals surface area contributed by atoms with Gasteiger partial charge in [0.05, 0.1) is 12.4 Å². The van der Waals surface area contributed by atoms with Gasteiger partial charge in [-0.15, -0.1) is 0 Å². The van der Waals surface area contributed by atoms with Gasteiger partial charge in [0.25, 0.3) is 0 Å². The third-order valence-corrected chi connectivity index (χ3v) is 6.90. The molecule has 2 atom stereocenters. The number of hydrogen-bond acceptors (Lipinski definition) is 6. The molecule has 1 aliphatic rings. The summed E-state index contributed by atoms with van der Waals surface area (Å²) in [7, 11) is 1.23. The van der Waals surface area contributed by atoms with Crippen molar-refractivity contribution >= 4 is 34.7 Å². The summed E-state index contributed by atoms with van der Waals surface area (Å²) < 4.78 is 18.1. The Balaban J connectivity index is 2.20. The number of benzene rings is 1. The summed E-state index contributed by atoms with van der Waals surface area (Å²) in [5.41, 5.74) is -0.499. The molecule has 1 saturated carbocycles. The molecule has 0 saturated heterocycles. The van der Waals surface area contributed by atoms with Crippen molar-refractivity contribution in [1.82, 2.24) is 10.6 Å². The van der Waals surface area contributed by atoms with Crippen LogP contribution in [-0.4, -0.2) is 46.8 Å². The summed E-state index contributed by atoms with van der Waals surface area (Å²) in [6.07, 6.45) is 2.49. The monoisotopic (exact) mass is 466 g/mol. The second-order valence-corrected chi connectivity index (χ2v) is 9.75. The molecule has 0 aromatic heterocycles. The molecule has 7 nitrogen and oxygen atoms in total. The molecule has 0 heterocycles. The molecule has 9 heteroatoms. The van der Waals surface area contributed by atoms with E-state index >= 15 is 0 Å². The van der Waals surface area contributed by atoms with E-state index in [2.05, 4.69) is 10.6 Å². The number of nitrogens with one attached hydrogen (secondary N) is 2. The summed E-state index contributed by atoms with van der Waals surface area (Å²) in [6.45, 7) is 5.09. The maximum Gasteiger partial charge on any atom is 0.328 e. The van der Waals surface area contributed by atoms with Crippen LogP contribution in [0, 0.1) is 11.7 Å². The highest BCUT2D eigenvalue weighted by molar-refractivity contribution is 8.14. The highest BCUT2D eigenvalue weighted by Gasteiger charge is 2.45. The maximum absolute atomic E-state index is 13.3. The van der Waals surface area contributed by atoms with Crippen LogP contribution in [0.15, 0.2) is 24.3 Å². The number of esters is 1. The summed E-state index contributed by atoms with van der Waals surface area (Å²) in [5.74, 6) is -1.97. The molecule has 1 fully saturated rings.